The lowest BCUT2D eigenvalue weighted by Gasteiger charge is -2.20. The first-order valence-corrected chi connectivity index (χ1v) is 11.8. The fraction of sp³-hybridized carbons (Fsp3) is 0.458. The lowest BCUT2D eigenvalue weighted by Crippen LogP contribution is -2.30. The summed E-state index contributed by atoms with van der Waals surface area (Å²) in [7, 11) is -3.90. The first-order valence-electron chi connectivity index (χ1n) is 10.2. The Morgan fingerprint density at radius 1 is 0.897 bits per heavy atom. The van der Waals surface area contributed by atoms with E-state index in [2.05, 4.69) is 12.1 Å². The zero-order chi connectivity index (χ0) is 21.5. The van der Waals surface area contributed by atoms with E-state index in [0.717, 1.165) is 31.2 Å². The first kappa shape index (κ1) is 23.1. The van der Waals surface area contributed by atoms with Crippen LogP contribution >= 0.6 is 0 Å². The van der Waals surface area contributed by atoms with E-state index < -0.39 is 21.1 Å². The van der Waals surface area contributed by atoms with Gasteiger partial charge in [-0.05, 0) is 47.9 Å². The molecule has 158 valence electrons. The Hall–Kier alpha value is -2.14. The molecule has 0 aliphatic carbocycles. The van der Waals surface area contributed by atoms with Gasteiger partial charge in [0.05, 0.1) is 4.90 Å². The van der Waals surface area contributed by atoms with Crippen molar-refractivity contribution in [3.63, 3.8) is 0 Å². The largest absolute Gasteiger partial charge is 0.480 e. The van der Waals surface area contributed by atoms with Crippen LogP contribution in [0.25, 0.3) is 0 Å². The Morgan fingerprint density at radius 3 is 2.03 bits per heavy atom. The van der Waals surface area contributed by atoms with Crippen molar-refractivity contribution >= 4 is 15.8 Å². The third-order valence-electron chi connectivity index (χ3n) is 5.22. The van der Waals surface area contributed by atoms with Crippen molar-refractivity contribution in [3.05, 3.63) is 65.7 Å². The van der Waals surface area contributed by atoms with Gasteiger partial charge in [0.15, 0.2) is 15.1 Å². The zero-order valence-electron chi connectivity index (χ0n) is 17.6. The summed E-state index contributed by atoms with van der Waals surface area (Å²) < 4.78 is 25.7. The Bertz CT molecular complexity index is 879. The first-order chi connectivity index (χ1) is 13.6. The maximum Gasteiger partial charge on any atom is 0.322 e. The lowest BCUT2D eigenvalue weighted by molar-refractivity contribution is -0.136. The molecule has 0 aliphatic rings. The molecule has 5 heteroatoms. The number of rotatable bonds is 10. The average Bonchev–Trinajstić information content (AvgIpc) is 2.67. The van der Waals surface area contributed by atoms with Crippen molar-refractivity contribution in [2.75, 3.05) is 0 Å². The van der Waals surface area contributed by atoms with E-state index in [4.69, 9.17) is 0 Å². The van der Waals surface area contributed by atoms with Crippen LogP contribution in [0.3, 0.4) is 0 Å². The molecule has 2 aromatic rings. The molecular formula is C24H32O4S. The topological polar surface area (TPSA) is 71.4 Å². The van der Waals surface area contributed by atoms with Crippen LogP contribution in [0.4, 0.5) is 0 Å². The summed E-state index contributed by atoms with van der Waals surface area (Å²) in [6.07, 6.45) is 4.52. The molecule has 0 bridgehead atoms. The standard InChI is InChI=1S/C24H32O4S/c1-24(2,3)20-15-17-21(18-16-20)29(27,28)22(23(25)26)14-10-5-4-7-11-19-12-8-6-9-13-19/h6,8-9,12-13,15-18,22H,4-5,7,10-11,14H2,1-3H3,(H,25,26). The van der Waals surface area contributed by atoms with Crippen LogP contribution in [0.15, 0.2) is 59.5 Å². The summed E-state index contributed by atoms with van der Waals surface area (Å²) in [5.41, 5.74) is 2.22. The van der Waals surface area contributed by atoms with Crippen LogP contribution in [0, 0.1) is 0 Å². The van der Waals surface area contributed by atoms with Gasteiger partial charge < -0.3 is 5.11 Å². The van der Waals surface area contributed by atoms with Gasteiger partial charge in [0.25, 0.3) is 0 Å². The lowest BCUT2D eigenvalue weighted by atomic mass is 9.87. The molecule has 0 amide bonds. The molecule has 4 nitrogen and oxygen atoms in total. The molecule has 2 rings (SSSR count). The molecule has 0 spiro atoms. The van der Waals surface area contributed by atoms with E-state index in [1.807, 2.05) is 39.0 Å². The number of aliphatic carboxylic acids is 1. The van der Waals surface area contributed by atoms with Crippen molar-refractivity contribution in [2.45, 2.75) is 74.9 Å². The van der Waals surface area contributed by atoms with E-state index in [1.54, 1.807) is 12.1 Å². The van der Waals surface area contributed by atoms with Crippen LogP contribution in [-0.4, -0.2) is 24.7 Å². The highest BCUT2D eigenvalue weighted by atomic mass is 32.2. The SMILES string of the molecule is CC(C)(C)c1ccc(S(=O)(=O)C(CCCCCCc2ccccc2)C(=O)O)cc1. The fourth-order valence-corrected chi connectivity index (χ4v) is 4.96. The Morgan fingerprint density at radius 2 is 1.48 bits per heavy atom. The second-order valence-electron chi connectivity index (χ2n) is 8.58. The van der Waals surface area contributed by atoms with E-state index in [0.29, 0.717) is 6.42 Å². The van der Waals surface area contributed by atoms with Crippen molar-refractivity contribution in [3.8, 4) is 0 Å². The van der Waals surface area contributed by atoms with Gasteiger partial charge in [0.1, 0.15) is 0 Å². The maximum absolute atomic E-state index is 12.9. The molecule has 0 saturated carbocycles. The number of aryl methyl sites for hydroxylation is 1. The molecule has 0 heterocycles. The Kier molecular flexibility index (Phi) is 8.03. The number of carbonyl (C=O) groups is 1. The minimum absolute atomic E-state index is 0.0852. The number of unbranched alkanes of at least 4 members (excludes halogenated alkanes) is 3. The summed E-state index contributed by atoms with van der Waals surface area (Å²) in [5, 5.41) is 8.13. The van der Waals surface area contributed by atoms with Gasteiger partial charge in [-0.15, -0.1) is 0 Å². The predicted molar refractivity (Wildman–Crippen MR) is 117 cm³/mol. The van der Waals surface area contributed by atoms with E-state index in [9.17, 15) is 18.3 Å². The number of hydrogen-bond donors (Lipinski definition) is 1. The van der Waals surface area contributed by atoms with Gasteiger partial charge in [-0.2, -0.15) is 0 Å². The summed E-state index contributed by atoms with van der Waals surface area (Å²) in [6, 6.07) is 16.8. The van der Waals surface area contributed by atoms with E-state index >= 15 is 0 Å². The molecule has 0 radical (unpaired) electrons. The molecule has 1 N–H and O–H groups in total. The summed E-state index contributed by atoms with van der Waals surface area (Å²) in [4.78, 5) is 11.8. The molecule has 0 aliphatic heterocycles. The second kappa shape index (κ2) is 10.1. The quantitative estimate of drug-likeness (QED) is 0.526. The van der Waals surface area contributed by atoms with E-state index in [-0.39, 0.29) is 16.7 Å². The molecule has 0 saturated heterocycles. The molecule has 0 fully saturated rings. The average molecular weight is 417 g/mol. The van der Waals surface area contributed by atoms with Crippen LogP contribution in [0.5, 0.6) is 0 Å². The summed E-state index contributed by atoms with van der Waals surface area (Å²) >= 11 is 0. The van der Waals surface area contributed by atoms with E-state index in [1.165, 1.54) is 17.7 Å². The normalized spacial score (nSPS) is 13.2. The fourth-order valence-electron chi connectivity index (χ4n) is 3.38. The second-order valence-corrected chi connectivity index (χ2v) is 10.7. The van der Waals surface area contributed by atoms with Crippen LogP contribution in [-0.2, 0) is 26.5 Å². The molecule has 1 atom stereocenters. The third kappa shape index (κ3) is 6.70. The van der Waals surface area contributed by atoms with Gasteiger partial charge in [-0.25, -0.2) is 8.42 Å². The van der Waals surface area contributed by atoms with Crippen LogP contribution in [0.1, 0.15) is 64.0 Å². The minimum atomic E-state index is -3.90. The molecule has 29 heavy (non-hydrogen) atoms. The number of hydrogen-bond acceptors (Lipinski definition) is 3. The van der Waals surface area contributed by atoms with Gasteiger partial charge in [-0.1, -0.05) is 82.5 Å². The summed E-state index contributed by atoms with van der Waals surface area (Å²) in [6.45, 7) is 6.15. The van der Waals surface area contributed by atoms with Crippen molar-refractivity contribution in [1.29, 1.82) is 0 Å². The highest BCUT2D eigenvalue weighted by molar-refractivity contribution is 7.92. The van der Waals surface area contributed by atoms with Gasteiger partial charge >= 0.3 is 5.97 Å². The van der Waals surface area contributed by atoms with Gasteiger partial charge in [0, 0.05) is 0 Å². The third-order valence-corrected chi connectivity index (χ3v) is 7.34. The van der Waals surface area contributed by atoms with Gasteiger partial charge in [-0.3, -0.25) is 4.79 Å². The number of carboxylic acid groups (broad SMARTS) is 1. The van der Waals surface area contributed by atoms with Crippen LogP contribution < -0.4 is 0 Å². The monoisotopic (exact) mass is 416 g/mol. The smallest absolute Gasteiger partial charge is 0.322 e. The van der Waals surface area contributed by atoms with Crippen molar-refractivity contribution < 1.29 is 18.3 Å². The van der Waals surface area contributed by atoms with Gasteiger partial charge in [0.2, 0.25) is 0 Å². The molecule has 2 aromatic carbocycles. The molecule has 1 unspecified atom stereocenters. The molecular weight excluding hydrogens is 384 g/mol. The predicted octanol–water partition coefficient (Wildman–Crippen LogP) is 5.40. The zero-order valence-corrected chi connectivity index (χ0v) is 18.4. The molecule has 0 aromatic heterocycles. The highest BCUT2D eigenvalue weighted by Crippen LogP contribution is 2.26. The number of benzene rings is 2. The maximum atomic E-state index is 12.9. The number of carboxylic acids is 1. The highest BCUT2D eigenvalue weighted by Gasteiger charge is 2.33. The van der Waals surface area contributed by atoms with Crippen molar-refractivity contribution in [2.24, 2.45) is 0 Å². The van der Waals surface area contributed by atoms with Crippen molar-refractivity contribution in [1.82, 2.24) is 0 Å². The Balaban J connectivity index is 1.91. The van der Waals surface area contributed by atoms with Crippen LogP contribution in [0.2, 0.25) is 0 Å². The minimum Gasteiger partial charge on any atom is -0.480 e. The summed E-state index contributed by atoms with van der Waals surface area (Å²) in [5.74, 6) is -1.27. The Labute approximate surface area is 174 Å². The number of sulfone groups is 1.